The van der Waals surface area contributed by atoms with E-state index < -0.39 is 10.0 Å². The number of sulfonamides is 1. The summed E-state index contributed by atoms with van der Waals surface area (Å²) in [7, 11) is -2.31. The largest absolute Gasteiger partial charge is 0.495 e. The lowest BCUT2D eigenvalue weighted by Gasteiger charge is -2.16. The Labute approximate surface area is 148 Å². The van der Waals surface area contributed by atoms with Crippen LogP contribution in [0.15, 0.2) is 23.1 Å². The molecule has 0 aromatic heterocycles. The molecule has 0 spiro atoms. The van der Waals surface area contributed by atoms with Crippen LogP contribution in [0.2, 0.25) is 0 Å². The van der Waals surface area contributed by atoms with Gasteiger partial charge in [0.15, 0.2) is 0 Å². The fourth-order valence-corrected chi connectivity index (χ4v) is 4.90. The van der Waals surface area contributed by atoms with E-state index >= 15 is 0 Å². The van der Waals surface area contributed by atoms with Crippen LogP contribution in [0.3, 0.4) is 0 Å². The Morgan fingerprint density at radius 3 is 2.60 bits per heavy atom. The Morgan fingerprint density at radius 2 is 1.96 bits per heavy atom. The molecule has 8 heteroatoms. The maximum Gasteiger partial charge on any atom is 0.251 e. The van der Waals surface area contributed by atoms with E-state index in [1.807, 2.05) is 0 Å². The fourth-order valence-electron chi connectivity index (χ4n) is 3.40. The van der Waals surface area contributed by atoms with Crippen molar-refractivity contribution in [3.8, 4) is 5.75 Å². The molecule has 2 fully saturated rings. The molecule has 1 aliphatic heterocycles. The van der Waals surface area contributed by atoms with E-state index in [-0.39, 0.29) is 28.6 Å². The Hall–Kier alpha value is -1.64. The quantitative estimate of drug-likeness (QED) is 0.697. The van der Waals surface area contributed by atoms with Gasteiger partial charge in [-0.2, -0.15) is 0 Å². The van der Waals surface area contributed by atoms with E-state index in [1.54, 1.807) is 6.07 Å². The summed E-state index contributed by atoms with van der Waals surface area (Å²) in [6.07, 6.45) is 4.62. The number of carbonyl (C=O) groups excluding carboxylic acids is 1. The molecule has 1 saturated heterocycles. The second kappa shape index (κ2) is 7.72. The number of rotatable bonds is 6. The van der Waals surface area contributed by atoms with Gasteiger partial charge in [0.2, 0.25) is 10.0 Å². The van der Waals surface area contributed by atoms with Crippen molar-refractivity contribution in [2.45, 2.75) is 49.1 Å². The first kappa shape index (κ1) is 18.2. The normalized spacial score (nSPS) is 21.4. The third-order valence-electron chi connectivity index (χ3n) is 4.79. The van der Waals surface area contributed by atoms with Gasteiger partial charge in [-0.3, -0.25) is 4.79 Å². The molecule has 3 N–H and O–H groups in total. The number of hydrogen-bond acceptors (Lipinski definition) is 5. The number of benzene rings is 1. The number of carbonyl (C=O) groups is 1. The molecule has 0 radical (unpaired) electrons. The summed E-state index contributed by atoms with van der Waals surface area (Å²) < 4.78 is 33.4. The Kier molecular flexibility index (Phi) is 5.61. The topological polar surface area (TPSA) is 96.5 Å². The van der Waals surface area contributed by atoms with Crippen molar-refractivity contribution >= 4 is 15.9 Å². The van der Waals surface area contributed by atoms with Gasteiger partial charge in [0.05, 0.1) is 7.11 Å². The number of amides is 1. The number of hydrogen-bond donors (Lipinski definition) is 3. The summed E-state index contributed by atoms with van der Waals surface area (Å²) in [5.41, 5.74) is 0.319. The number of methoxy groups -OCH3 is 1. The van der Waals surface area contributed by atoms with Crippen LogP contribution >= 0.6 is 0 Å². The first-order valence-electron chi connectivity index (χ1n) is 8.71. The average molecular weight is 367 g/mol. The molecule has 1 heterocycles. The molecule has 138 valence electrons. The van der Waals surface area contributed by atoms with Crippen molar-refractivity contribution in [1.82, 2.24) is 15.4 Å². The average Bonchev–Trinajstić information content (AvgIpc) is 3.28. The Morgan fingerprint density at radius 1 is 1.20 bits per heavy atom. The summed E-state index contributed by atoms with van der Waals surface area (Å²) in [5.74, 6) is -0.0294. The second-order valence-corrected chi connectivity index (χ2v) is 8.31. The van der Waals surface area contributed by atoms with E-state index in [0.29, 0.717) is 5.56 Å². The molecule has 1 unspecified atom stereocenters. The van der Waals surface area contributed by atoms with Gasteiger partial charge in [0, 0.05) is 24.2 Å². The van der Waals surface area contributed by atoms with Crippen LogP contribution in [0.1, 0.15) is 42.5 Å². The minimum atomic E-state index is -3.74. The van der Waals surface area contributed by atoms with Crippen LogP contribution < -0.4 is 20.1 Å². The summed E-state index contributed by atoms with van der Waals surface area (Å²) >= 11 is 0. The standard InChI is InChI=1S/C17H25N3O4S/c1-24-15-7-6-12(17(21)19-14-8-9-18-11-14)10-16(15)25(22,23)20-13-4-2-3-5-13/h6-7,10,13-14,18,20H,2-5,8-9,11H2,1H3,(H,19,21). The van der Waals surface area contributed by atoms with Crippen LogP contribution in [-0.2, 0) is 10.0 Å². The van der Waals surface area contributed by atoms with Gasteiger partial charge in [-0.1, -0.05) is 12.8 Å². The van der Waals surface area contributed by atoms with Crippen LogP contribution in [0.5, 0.6) is 5.75 Å². The minimum Gasteiger partial charge on any atom is -0.495 e. The third kappa shape index (κ3) is 4.31. The van der Waals surface area contributed by atoms with Crippen molar-refractivity contribution in [1.29, 1.82) is 0 Å². The lowest BCUT2D eigenvalue weighted by Crippen LogP contribution is -2.36. The Balaban J connectivity index is 1.82. The SMILES string of the molecule is COc1ccc(C(=O)NC2CCNC2)cc1S(=O)(=O)NC1CCCC1. The lowest BCUT2D eigenvalue weighted by molar-refractivity contribution is 0.0940. The fraction of sp³-hybridized carbons (Fsp3) is 0.588. The van der Waals surface area contributed by atoms with Gasteiger partial charge in [0.25, 0.3) is 5.91 Å². The second-order valence-electron chi connectivity index (χ2n) is 6.63. The highest BCUT2D eigenvalue weighted by Gasteiger charge is 2.27. The van der Waals surface area contributed by atoms with E-state index in [9.17, 15) is 13.2 Å². The van der Waals surface area contributed by atoms with Crippen LogP contribution in [-0.4, -0.2) is 46.6 Å². The molecule has 2 aliphatic rings. The zero-order valence-electron chi connectivity index (χ0n) is 14.4. The van der Waals surface area contributed by atoms with E-state index in [4.69, 9.17) is 4.74 Å². The monoisotopic (exact) mass is 367 g/mol. The van der Waals surface area contributed by atoms with Gasteiger partial charge < -0.3 is 15.4 Å². The molecule has 1 amide bonds. The zero-order chi connectivity index (χ0) is 17.9. The molecule has 1 aromatic rings. The van der Waals surface area contributed by atoms with Gasteiger partial charge >= 0.3 is 0 Å². The van der Waals surface area contributed by atoms with Gasteiger partial charge in [-0.25, -0.2) is 13.1 Å². The highest BCUT2D eigenvalue weighted by Crippen LogP contribution is 2.27. The molecule has 25 heavy (non-hydrogen) atoms. The first-order chi connectivity index (χ1) is 12.0. The van der Waals surface area contributed by atoms with E-state index in [0.717, 1.165) is 45.2 Å². The summed E-state index contributed by atoms with van der Waals surface area (Å²) in [4.78, 5) is 12.4. The van der Waals surface area contributed by atoms with Crippen molar-refractivity contribution < 1.29 is 17.9 Å². The van der Waals surface area contributed by atoms with E-state index in [2.05, 4.69) is 15.4 Å². The molecular weight excluding hydrogens is 342 g/mol. The highest BCUT2D eigenvalue weighted by atomic mass is 32.2. The third-order valence-corrected chi connectivity index (χ3v) is 6.33. The van der Waals surface area contributed by atoms with Gasteiger partial charge in [0.1, 0.15) is 10.6 Å². The predicted octanol–water partition coefficient (Wildman–Crippen LogP) is 1.01. The molecule has 1 atom stereocenters. The van der Waals surface area contributed by atoms with Gasteiger partial charge in [-0.05, 0) is 44.0 Å². The molecule has 1 aromatic carbocycles. The minimum absolute atomic E-state index is 0.0131. The van der Waals surface area contributed by atoms with Crippen LogP contribution in [0.4, 0.5) is 0 Å². The van der Waals surface area contributed by atoms with Crippen molar-refractivity contribution in [2.75, 3.05) is 20.2 Å². The lowest BCUT2D eigenvalue weighted by atomic mass is 10.2. The van der Waals surface area contributed by atoms with Crippen LogP contribution in [0, 0.1) is 0 Å². The molecular formula is C17H25N3O4S. The molecule has 0 bridgehead atoms. The highest BCUT2D eigenvalue weighted by molar-refractivity contribution is 7.89. The van der Waals surface area contributed by atoms with Crippen molar-refractivity contribution in [3.63, 3.8) is 0 Å². The smallest absolute Gasteiger partial charge is 0.251 e. The molecule has 7 nitrogen and oxygen atoms in total. The summed E-state index contributed by atoms with van der Waals surface area (Å²) in [6.45, 7) is 1.61. The molecule has 1 saturated carbocycles. The first-order valence-corrected chi connectivity index (χ1v) is 10.2. The molecule has 1 aliphatic carbocycles. The summed E-state index contributed by atoms with van der Waals surface area (Å²) in [6, 6.07) is 4.55. The maximum absolute atomic E-state index is 12.8. The zero-order valence-corrected chi connectivity index (χ0v) is 15.2. The number of ether oxygens (including phenoxy) is 1. The van der Waals surface area contributed by atoms with Crippen LogP contribution in [0.25, 0.3) is 0 Å². The van der Waals surface area contributed by atoms with Gasteiger partial charge in [-0.15, -0.1) is 0 Å². The summed E-state index contributed by atoms with van der Waals surface area (Å²) in [5, 5.41) is 6.11. The Bertz CT molecular complexity index is 723. The molecule has 3 rings (SSSR count). The van der Waals surface area contributed by atoms with Crippen molar-refractivity contribution in [3.05, 3.63) is 23.8 Å². The van der Waals surface area contributed by atoms with E-state index in [1.165, 1.54) is 19.2 Å². The maximum atomic E-state index is 12.8. The van der Waals surface area contributed by atoms with Crippen molar-refractivity contribution in [2.24, 2.45) is 0 Å². The number of nitrogens with one attached hydrogen (secondary N) is 3. The predicted molar refractivity (Wildman–Crippen MR) is 94.3 cm³/mol.